The third-order valence-corrected chi connectivity index (χ3v) is 4.27. The molecule has 2 aromatic heterocycles. The van der Waals surface area contributed by atoms with E-state index < -0.39 is 0 Å². The van der Waals surface area contributed by atoms with Crippen molar-refractivity contribution in [1.29, 1.82) is 0 Å². The van der Waals surface area contributed by atoms with Gasteiger partial charge in [-0.1, -0.05) is 0 Å². The van der Waals surface area contributed by atoms with Crippen molar-refractivity contribution in [2.45, 2.75) is 12.5 Å². The molecule has 106 valence electrons. The lowest BCUT2D eigenvalue weighted by atomic mass is 10.2. The Hall–Kier alpha value is -2.35. The van der Waals surface area contributed by atoms with E-state index in [2.05, 4.69) is 18.9 Å². The molecule has 7 nitrogen and oxygen atoms in total. The van der Waals surface area contributed by atoms with Gasteiger partial charge in [0.2, 0.25) is 0 Å². The number of carbonyl (C=O) groups is 1. The molecule has 0 saturated carbocycles. The van der Waals surface area contributed by atoms with Gasteiger partial charge in [-0.3, -0.25) is 4.79 Å². The molecular formula is C13H12N6OS. The van der Waals surface area contributed by atoms with E-state index in [1.165, 1.54) is 0 Å². The normalized spacial score (nSPS) is 18.5. The van der Waals surface area contributed by atoms with Gasteiger partial charge in [0.15, 0.2) is 0 Å². The van der Waals surface area contributed by atoms with Crippen LogP contribution in [-0.2, 0) is 0 Å². The Balaban J connectivity index is 1.55. The summed E-state index contributed by atoms with van der Waals surface area (Å²) in [6, 6.07) is 5.62. The fourth-order valence-electron chi connectivity index (χ4n) is 2.63. The molecule has 3 aromatic rings. The first-order valence-corrected chi connectivity index (χ1v) is 7.42. The summed E-state index contributed by atoms with van der Waals surface area (Å²) in [6.07, 6.45) is 4.20. The zero-order valence-electron chi connectivity index (χ0n) is 11.1. The molecule has 1 saturated heterocycles. The molecule has 1 aliphatic rings. The van der Waals surface area contributed by atoms with Crippen molar-refractivity contribution in [3.05, 3.63) is 36.2 Å². The van der Waals surface area contributed by atoms with Gasteiger partial charge < -0.3 is 4.90 Å². The second-order valence-electron chi connectivity index (χ2n) is 5.01. The highest BCUT2D eigenvalue weighted by atomic mass is 32.1. The van der Waals surface area contributed by atoms with Crippen molar-refractivity contribution in [3.8, 4) is 0 Å². The van der Waals surface area contributed by atoms with Crippen molar-refractivity contribution in [2.75, 3.05) is 13.1 Å². The summed E-state index contributed by atoms with van der Waals surface area (Å²) in [7, 11) is 0. The molecule has 1 aromatic carbocycles. The highest BCUT2D eigenvalue weighted by Gasteiger charge is 2.29. The Bertz CT molecular complexity index is 783. The SMILES string of the molecule is O=C(c1ccc2nsnc2c1)N1CCC(n2nccn2)C1. The molecule has 1 atom stereocenters. The topological polar surface area (TPSA) is 76.8 Å². The quantitative estimate of drug-likeness (QED) is 0.714. The number of fused-ring (bicyclic) bond motifs is 1. The Morgan fingerprint density at radius 2 is 2.00 bits per heavy atom. The van der Waals surface area contributed by atoms with Crippen LogP contribution in [-0.4, -0.2) is 47.6 Å². The molecular weight excluding hydrogens is 288 g/mol. The van der Waals surface area contributed by atoms with Crippen LogP contribution in [0.4, 0.5) is 0 Å². The van der Waals surface area contributed by atoms with Gasteiger partial charge in [0.1, 0.15) is 11.0 Å². The Morgan fingerprint density at radius 1 is 1.19 bits per heavy atom. The Kier molecular flexibility index (Phi) is 2.88. The minimum absolute atomic E-state index is 0.0274. The largest absolute Gasteiger partial charge is 0.336 e. The van der Waals surface area contributed by atoms with Crippen LogP contribution >= 0.6 is 11.7 Å². The number of hydrogen-bond acceptors (Lipinski definition) is 6. The number of likely N-dealkylation sites (tertiary alicyclic amines) is 1. The van der Waals surface area contributed by atoms with Crippen molar-refractivity contribution in [3.63, 3.8) is 0 Å². The zero-order valence-corrected chi connectivity index (χ0v) is 11.9. The van der Waals surface area contributed by atoms with Crippen LogP contribution in [0.15, 0.2) is 30.6 Å². The lowest BCUT2D eigenvalue weighted by Gasteiger charge is -2.16. The monoisotopic (exact) mass is 300 g/mol. The molecule has 1 fully saturated rings. The summed E-state index contributed by atoms with van der Waals surface area (Å²) in [4.78, 5) is 16.1. The standard InChI is InChI=1S/C13H12N6OS/c20-13(9-1-2-11-12(7-9)17-21-16-11)18-6-3-10(8-18)19-14-4-5-15-19/h1-2,4-5,7,10H,3,6,8H2. The summed E-state index contributed by atoms with van der Waals surface area (Å²) in [5, 5.41) is 8.30. The molecule has 0 N–H and O–H groups in total. The maximum absolute atomic E-state index is 12.6. The van der Waals surface area contributed by atoms with Gasteiger partial charge in [-0.05, 0) is 24.6 Å². The molecule has 1 aliphatic heterocycles. The Labute approximate surface area is 124 Å². The van der Waals surface area contributed by atoms with Crippen LogP contribution in [0.25, 0.3) is 11.0 Å². The zero-order chi connectivity index (χ0) is 14.2. The average molecular weight is 300 g/mol. The fraction of sp³-hybridized carbons (Fsp3) is 0.308. The van der Waals surface area contributed by atoms with Gasteiger partial charge in [0, 0.05) is 18.7 Å². The molecule has 0 aliphatic carbocycles. The molecule has 0 bridgehead atoms. The first-order chi connectivity index (χ1) is 10.3. The average Bonchev–Trinajstić information content (AvgIpc) is 3.24. The third kappa shape index (κ3) is 2.17. The highest BCUT2D eigenvalue weighted by Crippen LogP contribution is 2.22. The predicted molar refractivity (Wildman–Crippen MR) is 77.0 cm³/mol. The number of carbonyl (C=O) groups excluding carboxylic acids is 1. The van der Waals surface area contributed by atoms with Crippen molar-refractivity contribution < 1.29 is 4.79 Å². The van der Waals surface area contributed by atoms with E-state index in [4.69, 9.17) is 0 Å². The van der Waals surface area contributed by atoms with Gasteiger partial charge in [-0.2, -0.15) is 23.7 Å². The van der Waals surface area contributed by atoms with Crippen LogP contribution in [0.2, 0.25) is 0 Å². The van der Waals surface area contributed by atoms with Crippen LogP contribution in [0.3, 0.4) is 0 Å². The van der Waals surface area contributed by atoms with E-state index in [0.717, 1.165) is 35.7 Å². The number of hydrogen-bond donors (Lipinski definition) is 0. The van der Waals surface area contributed by atoms with Crippen LogP contribution in [0.5, 0.6) is 0 Å². The smallest absolute Gasteiger partial charge is 0.254 e. The second kappa shape index (κ2) is 4.88. The predicted octanol–water partition coefficient (Wildman–Crippen LogP) is 1.37. The van der Waals surface area contributed by atoms with Crippen LogP contribution in [0, 0.1) is 0 Å². The van der Waals surface area contributed by atoms with Crippen molar-refractivity contribution in [1.82, 2.24) is 28.6 Å². The summed E-state index contributed by atoms with van der Waals surface area (Å²) < 4.78 is 8.33. The lowest BCUT2D eigenvalue weighted by molar-refractivity contribution is 0.0786. The first kappa shape index (κ1) is 12.4. The molecule has 3 heterocycles. The first-order valence-electron chi connectivity index (χ1n) is 6.69. The molecule has 1 unspecified atom stereocenters. The van der Waals surface area contributed by atoms with E-state index in [1.807, 2.05) is 17.0 Å². The molecule has 8 heteroatoms. The van der Waals surface area contributed by atoms with Crippen LogP contribution in [0.1, 0.15) is 22.8 Å². The maximum atomic E-state index is 12.6. The van der Waals surface area contributed by atoms with E-state index in [9.17, 15) is 4.79 Å². The Morgan fingerprint density at radius 3 is 2.86 bits per heavy atom. The molecule has 0 spiro atoms. The van der Waals surface area contributed by atoms with Gasteiger partial charge in [0.25, 0.3) is 5.91 Å². The second-order valence-corrected chi connectivity index (χ2v) is 5.54. The van der Waals surface area contributed by atoms with Gasteiger partial charge >= 0.3 is 0 Å². The lowest BCUT2D eigenvalue weighted by Crippen LogP contribution is -2.29. The fourth-order valence-corrected chi connectivity index (χ4v) is 3.14. The summed E-state index contributed by atoms with van der Waals surface area (Å²) >= 11 is 1.16. The molecule has 0 radical (unpaired) electrons. The number of amides is 1. The summed E-state index contributed by atoms with van der Waals surface area (Å²) in [5.74, 6) is 0.0274. The number of aromatic nitrogens is 5. The summed E-state index contributed by atoms with van der Waals surface area (Å²) in [5.41, 5.74) is 2.26. The summed E-state index contributed by atoms with van der Waals surface area (Å²) in [6.45, 7) is 1.36. The number of nitrogens with zero attached hydrogens (tertiary/aromatic N) is 6. The van der Waals surface area contributed by atoms with Crippen molar-refractivity contribution in [2.24, 2.45) is 0 Å². The van der Waals surface area contributed by atoms with E-state index >= 15 is 0 Å². The maximum Gasteiger partial charge on any atom is 0.254 e. The minimum atomic E-state index is 0.0274. The van der Waals surface area contributed by atoms with Gasteiger partial charge in [-0.25, -0.2) is 0 Å². The van der Waals surface area contributed by atoms with Gasteiger partial charge in [0.05, 0.1) is 30.2 Å². The molecule has 4 rings (SSSR count). The van der Waals surface area contributed by atoms with Gasteiger partial charge in [-0.15, -0.1) is 0 Å². The number of benzene rings is 1. The molecule has 1 amide bonds. The number of rotatable bonds is 2. The highest BCUT2D eigenvalue weighted by molar-refractivity contribution is 7.00. The minimum Gasteiger partial charge on any atom is -0.336 e. The van der Waals surface area contributed by atoms with Crippen molar-refractivity contribution >= 4 is 28.7 Å². The molecule has 21 heavy (non-hydrogen) atoms. The van der Waals surface area contributed by atoms with E-state index in [1.54, 1.807) is 23.3 Å². The van der Waals surface area contributed by atoms with E-state index in [-0.39, 0.29) is 11.9 Å². The van der Waals surface area contributed by atoms with E-state index in [0.29, 0.717) is 12.1 Å². The van der Waals surface area contributed by atoms with Crippen LogP contribution < -0.4 is 0 Å². The third-order valence-electron chi connectivity index (χ3n) is 3.71.